The van der Waals surface area contributed by atoms with Gasteiger partial charge in [0.2, 0.25) is 0 Å². The summed E-state index contributed by atoms with van der Waals surface area (Å²) in [4.78, 5) is 4.42. The van der Waals surface area contributed by atoms with Gasteiger partial charge in [0.15, 0.2) is 0 Å². The lowest BCUT2D eigenvalue weighted by Gasteiger charge is -2.09. The maximum Gasteiger partial charge on any atom is 0.130 e. The van der Waals surface area contributed by atoms with Gasteiger partial charge in [0, 0.05) is 17.8 Å². The van der Waals surface area contributed by atoms with Crippen molar-refractivity contribution in [1.82, 2.24) is 4.98 Å². The van der Waals surface area contributed by atoms with Crippen LogP contribution in [0.15, 0.2) is 36.4 Å². The fourth-order valence-corrected chi connectivity index (χ4v) is 2.11. The fraction of sp³-hybridized carbons (Fsp3) is 0.353. The van der Waals surface area contributed by atoms with Crippen LogP contribution in [-0.2, 0) is 13.0 Å². The van der Waals surface area contributed by atoms with Crippen molar-refractivity contribution in [2.45, 2.75) is 33.0 Å². The number of pyridine rings is 1. The van der Waals surface area contributed by atoms with Gasteiger partial charge in [0.25, 0.3) is 0 Å². The first kappa shape index (κ1) is 15.3. The first-order chi connectivity index (χ1) is 10.1. The van der Waals surface area contributed by atoms with Crippen molar-refractivity contribution in [1.29, 1.82) is 0 Å². The molecule has 112 valence electrons. The number of hydrogen-bond acceptors (Lipinski definition) is 4. The molecule has 0 saturated carbocycles. The molecular formula is C17H21NO3. The molecule has 0 aliphatic carbocycles. The molecule has 2 aromatic rings. The third-order valence-electron chi connectivity index (χ3n) is 3.06. The molecule has 1 unspecified atom stereocenters. The van der Waals surface area contributed by atoms with Gasteiger partial charge in [-0.1, -0.05) is 12.1 Å². The summed E-state index contributed by atoms with van der Waals surface area (Å²) in [5.41, 5.74) is 2.83. The molecule has 0 aliphatic rings. The normalized spacial score (nSPS) is 12.0. The Hall–Kier alpha value is -2.07. The molecule has 1 aromatic carbocycles. The second kappa shape index (κ2) is 7.09. The highest BCUT2D eigenvalue weighted by atomic mass is 16.5. The van der Waals surface area contributed by atoms with Gasteiger partial charge in [-0.05, 0) is 38.0 Å². The molecule has 1 heterocycles. The zero-order chi connectivity index (χ0) is 15.2. The second-order valence-corrected chi connectivity index (χ2v) is 5.13. The van der Waals surface area contributed by atoms with E-state index in [4.69, 9.17) is 9.47 Å². The highest BCUT2D eigenvalue weighted by molar-refractivity contribution is 5.29. The third kappa shape index (κ3) is 4.76. The number of aromatic nitrogens is 1. The van der Waals surface area contributed by atoms with Gasteiger partial charge in [0.1, 0.15) is 18.1 Å². The maximum absolute atomic E-state index is 9.35. The van der Waals surface area contributed by atoms with Crippen LogP contribution in [0.5, 0.6) is 11.5 Å². The summed E-state index contributed by atoms with van der Waals surface area (Å²) < 4.78 is 10.9. The van der Waals surface area contributed by atoms with E-state index in [1.165, 1.54) is 0 Å². The highest BCUT2D eigenvalue weighted by Gasteiger charge is 2.03. The smallest absolute Gasteiger partial charge is 0.130 e. The fourth-order valence-electron chi connectivity index (χ4n) is 2.11. The van der Waals surface area contributed by atoms with Gasteiger partial charge in [0.05, 0.1) is 18.9 Å². The Kier molecular flexibility index (Phi) is 5.17. The Balaban J connectivity index is 1.98. The Morgan fingerprint density at radius 1 is 1.14 bits per heavy atom. The number of rotatable bonds is 6. The number of benzene rings is 1. The first-order valence-corrected chi connectivity index (χ1v) is 6.98. The second-order valence-electron chi connectivity index (χ2n) is 5.13. The van der Waals surface area contributed by atoms with E-state index in [1.54, 1.807) is 14.0 Å². The van der Waals surface area contributed by atoms with Crippen LogP contribution in [0.1, 0.15) is 23.9 Å². The number of ether oxygens (including phenoxy) is 2. The maximum atomic E-state index is 9.35. The summed E-state index contributed by atoms with van der Waals surface area (Å²) >= 11 is 0. The van der Waals surface area contributed by atoms with Crippen molar-refractivity contribution in [3.63, 3.8) is 0 Å². The Morgan fingerprint density at radius 2 is 1.86 bits per heavy atom. The molecule has 0 aliphatic heterocycles. The molecule has 1 atom stereocenters. The molecule has 4 nitrogen and oxygen atoms in total. The average molecular weight is 287 g/mol. The highest BCUT2D eigenvalue weighted by Crippen LogP contribution is 2.17. The summed E-state index contributed by atoms with van der Waals surface area (Å²) in [6, 6.07) is 11.5. The van der Waals surface area contributed by atoms with Crippen LogP contribution in [0, 0.1) is 6.92 Å². The number of aliphatic hydroxyl groups excluding tert-OH is 1. The van der Waals surface area contributed by atoms with E-state index in [-0.39, 0.29) is 6.10 Å². The van der Waals surface area contributed by atoms with E-state index in [0.29, 0.717) is 13.0 Å². The largest absolute Gasteiger partial charge is 0.497 e. The van der Waals surface area contributed by atoms with Gasteiger partial charge >= 0.3 is 0 Å². The van der Waals surface area contributed by atoms with E-state index < -0.39 is 0 Å². The lowest BCUT2D eigenvalue weighted by molar-refractivity contribution is 0.195. The van der Waals surface area contributed by atoms with Crippen LogP contribution in [0.4, 0.5) is 0 Å². The van der Waals surface area contributed by atoms with E-state index in [0.717, 1.165) is 28.5 Å². The van der Waals surface area contributed by atoms with Gasteiger partial charge in [-0.15, -0.1) is 0 Å². The lowest BCUT2D eigenvalue weighted by atomic mass is 10.1. The molecule has 0 saturated heterocycles. The van der Waals surface area contributed by atoms with Crippen molar-refractivity contribution >= 4 is 0 Å². The van der Waals surface area contributed by atoms with Crippen molar-refractivity contribution in [2.75, 3.05) is 7.11 Å². The molecule has 0 bridgehead atoms. The third-order valence-corrected chi connectivity index (χ3v) is 3.06. The Bertz CT molecular complexity index is 579. The van der Waals surface area contributed by atoms with E-state index in [2.05, 4.69) is 4.98 Å². The molecule has 0 fully saturated rings. The van der Waals surface area contributed by atoms with Gasteiger partial charge in [-0.2, -0.15) is 0 Å². The van der Waals surface area contributed by atoms with Crippen molar-refractivity contribution < 1.29 is 14.6 Å². The molecule has 0 spiro atoms. The zero-order valence-electron chi connectivity index (χ0n) is 12.7. The molecule has 0 radical (unpaired) electrons. The van der Waals surface area contributed by atoms with Crippen LogP contribution in [0.3, 0.4) is 0 Å². The molecule has 2 rings (SSSR count). The molecule has 1 aromatic heterocycles. The van der Waals surface area contributed by atoms with Gasteiger partial charge in [-0.25, -0.2) is 0 Å². The Morgan fingerprint density at radius 3 is 2.48 bits per heavy atom. The van der Waals surface area contributed by atoms with Crippen LogP contribution < -0.4 is 9.47 Å². The Labute approximate surface area is 125 Å². The summed E-state index contributed by atoms with van der Waals surface area (Å²) in [7, 11) is 1.64. The standard InChI is InChI=1S/C17H21NO3/c1-12-8-17(20-3)10-15(18-12)11-21-16-6-4-14(5-7-16)9-13(2)19/h4-8,10,13,19H,9,11H2,1-3H3. The predicted molar refractivity (Wildman–Crippen MR) is 81.7 cm³/mol. The number of hydrogen-bond donors (Lipinski definition) is 1. The number of methoxy groups -OCH3 is 1. The minimum absolute atomic E-state index is 0.333. The van der Waals surface area contributed by atoms with Crippen LogP contribution >= 0.6 is 0 Å². The van der Waals surface area contributed by atoms with E-state index in [1.807, 2.05) is 43.3 Å². The average Bonchev–Trinajstić information content (AvgIpc) is 2.45. The van der Waals surface area contributed by atoms with Crippen molar-refractivity contribution in [3.05, 3.63) is 53.3 Å². The minimum atomic E-state index is -0.333. The predicted octanol–water partition coefficient (Wildman–Crippen LogP) is 2.90. The van der Waals surface area contributed by atoms with Gasteiger partial charge < -0.3 is 14.6 Å². The van der Waals surface area contributed by atoms with E-state index >= 15 is 0 Å². The van der Waals surface area contributed by atoms with Crippen molar-refractivity contribution in [2.24, 2.45) is 0 Å². The van der Waals surface area contributed by atoms with Crippen LogP contribution in [-0.4, -0.2) is 23.3 Å². The van der Waals surface area contributed by atoms with Crippen molar-refractivity contribution in [3.8, 4) is 11.5 Å². The van der Waals surface area contributed by atoms with Gasteiger partial charge in [-0.3, -0.25) is 4.98 Å². The summed E-state index contributed by atoms with van der Waals surface area (Å²) in [6.45, 7) is 4.10. The molecule has 4 heteroatoms. The van der Waals surface area contributed by atoms with E-state index in [9.17, 15) is 5.11 Å². The first-order valence-electron chi connectivity index (χ1n) is 6.98. The molecular weight excluding hydrogens is 266 g/mol. The number of nitrogens with zero attached hydrogens (tertiary/aromatic N) is 1. The molecule has 21 heavy (non-hydrogen) atoms. The summed E-state index contributed by atoms with van der Waals surface area (Å²) in [5.74, 6) is 1.57. The van der Waals surface area contributed by atoms with Crippen LogP contribution in [0.2, 0.25) is 0 Å². The zero-order valence-corrected chi connectivity index (χ0v) is 12.7. The monoisotopic (exact) mass is 287 g/mol. The molecule has 1 N–H and O–H groups in total. The number of aliphatic hydroxyl groups is 1. The molecule has 0 amide bonds. The minimum Gasteiger partial charge on any atom is -0.497 e. The summed E-state index contributed by atoms with van der Waals surface area (Å²) in [5, 5.41) is 9.35. The quantitative estimate of drug-likeness (QED) is 0.887. The summed E-state index contributed by atoms with van der Waals surface area (Å²) in [6.07, 6.45) is 0.317. The SMILES string of the molecule is COc1cc(C)nc(COc2ccc(CC(C)O)cc2)c1. The number of aryl methyl sites for hydroxylation is 1. The van der Waals surface area contributed by atoms with Crippen LogP contribution in [0.25, 0.3) is 0 Å². The lowest BCUT2D eigenvalue weighted by Crippen LogP contribution is -2.04. The topological polar surface area (TPSA) is 51.6 Å².